The van der Waals surface area contributed by atoms with Gasteiger partial charge < -0.3 is 10.1 Å². The van der Waals surface area contributed by atoms with E-state index >= 15 is 0 Å². The summed E-state index contributed by atoms with van der Waals surface area (Å²) in [5, 5.41) is 5.68. The lowest BCUT2D eigenvalue weighted by molar-refractivity contribution is -0.123. The van der Waals surface area contributed by atoms with Crippen molar-refractivity contribution in [2.45, 2.75) is 13.5 Å². The van der Waals surface area contributed by atoms with Crippen molar-refractivity contribution in [2.75, 3.05) is 7.11 Å². The number of amides is 3. The number of rotatable bonds is 6. The molecule has 2 N–H and O–H groups in total. The molecule has 3 amide bonds. The van der Waals surface area contributed by atoms with Crippen LogP contribution in [0.25, 0.3) is 23.0 Å². The van der Waals surface area contributed by atoms with Gasteiger partial charge in [0.05, 0.1) is 30.6 Å². The van der Waals surface area contributed by atoms with E-state index in [1.54, 1.807) is 37.4 Å². The number of aromatic nitrogens is 2. The number of nitrogens with one attached hydrogen (secondary N) is 2. The summed E-state index contributed by atoms with van der Waals surface area (Å²) in [5.74, 6) is -0.493. The van der Waals surface area contributed by atoms with Crippen LogP contribution in [0.4, 0.5) is 9.18 Å². The fraction of sp³-hybridized carbons (Fsp3) is 0.107. The highest BCUT2D eigenvalue weighted by Crippen LogP contribution is 2.27. The number of hydrogen-bond donors (Lipinski definition) is 2. The zero-order valence-corrected chi connectivity index (χ0v) is 20.1. The summed E-state index contributed by atoms with van der Waals surface area (Å²) in [6, 6.07) is 19.5. The van der Waals surface area contributed by atoms with Gasteiger partial charge >= 0.3 is 6.03 Å². The van der Waals surface area contributed by atoms with E-state index in [2.05, 4.69) is 10.4 Å². The van der Waals surface area contributed by atoms with Crippen LogP contribution in [0.1, 0.15) is 16.7 Å². The second-order valence-electron chi connectivity index (χ2n) is 8.62. The summed E-state index contributed by atoms with van der Waals surface area (Å²) in [7, 11) is 1.54. The van der Waals surface area contributed by atoms with Crippen molar-refractivity contribution in [3.8, 4) is 22.7 Å². The fourth-order valence-electron chi connectivity index (χ4n) is 4.14. The van der Waals surface area contributed by atoms with E-state index < -0.39 is 23.3 Å². The average Bonchev–Trinajstić information content (AvgIpc) is 3.35. The second-order valence-corrected chi connectivity index (χ2v) is 8.62. The SMILES string of the molecule is COc1cccc(-c2[nH]n(-c3ccc(C)cc3)c(=O)c2C=C2NC(=O)N(Cc3cccc(F)c3)C2=O)c1. The number of carbonyl (C=O) groups excluding carboxylic acids is 2. The predicted molar refractivity (Wildman–Crippen MR) is 137 cm³/mol. The van der Waals surface area contributed by atoms with Crippen molar-refractivity contribution in [2.24, 2.45) is 0 Å². The molecule has 1 aliphatic rings. The number of carbonyl (C=O) groups is 2. The van der Waals surface area contributed by atoms with Crippen LogP contribution < -0.4 is 15.6 Å². The predicted octanol–water partition coefficient (Wildman–Crippen LogP) is 4.38. The molecule has 5 rings (SSSR count). The van der Waals surface area contributed by atoms with Crippen LogP contribution in [0.2, 0.25) is 0 Å². The molecular weight excluding hydrogens is 475 g/mol. The van der Waals surface area contributed by atoms with Crippen molar-refractivity contribution in [1.29, 1.82) is 0 Å². The van der Waals surface area contributed by atoms with Gasteiger partial charge in [0.1, 0.15) is 17.3 Å². The molecule has 0 radical (unpaired) electrons. The number of ether oxygens (including phenoxy) is 1. The third-order valence-corrected chi connectivity index (χ3v) is 6.06. The van der Waals surface area contributed by atoms with Gasteiger partial charge in [-0.1, -0.05) is 42.0 Å². The number of hydrogen-bond acceptors (Lipinski definition) is 4. The Kier molecular flexibility index (Phi) is 6.19. The van der Waals surface area contributed by atoms with Crippen LogP contribution in [0.3, 0.4) is 0 Å². The number of urea groups is 1. The standard InChI is InChI=1S/C28H23FN4O4/c1-17-9-11-21(12-10-17)33-26(34)23(25(31-33)19-6-4-8-22(14-19)37-2)15-24-27(35)32(28(36)30-24)16-18-5-3-7-20(29)13-18/h3-15,31H,16H2,1-2H3,(H,30,36). The van der Waals surface area contributed by atoms with Crippen LogP contribution in [0.5, 0.6) is 5.75 Å². The maximum absolute atomic E-state index is 13.6. The van der Waals surface area contributed by atoms with E-state index in [-0.39, 0.29) is 17.8 Å². The topological polar surface area (TPSA) is 96.4 Å². The molecule has 0 saturated carbocycles. The Morgan fingerprint density at radius 1 is 0.973 bits per heavy atom. The molecule has 9 heteroatoms. The van der Waals surface area contributed by atoms with Gasteiger partial charge in [0, 0.05) is 5.56 Å². The molecular formula is C28H23FN4O4. The molecule has 0 atom stereocenters. The first-order valence-corrected chi connectivity index (χ1v) is 11.5. The summed E-state index contributed by atoms with van der Waals surface area (Å²) in [5.41, 5.74) is 2.94. The van der Waals surface area contributed by atoms with E-state index in [4.69, 9.17) is 4.74 Å². The lowest BCUT2D eigenvalue weighted by Gasteiger charge is -2.11. The molecule has 1 aromatic heterocycles. The lowest BCUT2D eigenvalue weighted by Crippen LogP contribution is -2.30. The first-order chi connectivity index (χ1) is 17.8. The Labute approximate surface area is 211 Å². The first kappa shape index (κ1) is 23.8. The van der Waals surface area contributed by atoms with Gasteiger partial charge in [0.2, 0.25) is 0 Å². The van der Waals surface area contributed by atoms with Crippen molar-refractivity contribution in [3.05, 3.63) is 111 Å². The van der Waals surface area contributed by atoms with Gasteiger partial charge in [-0.3, -0.25) is 19.6 Å². The third-order valence-electron chi connectivity index (χ3n) is 6.06. The summed E-state index contributed by atoms with van der Waals surface area (Å²) < 4.78 is 20.3. The number of halogens is 1. The van der Waals surface area contributed by atoms with E-state index in [1.807, 2.05) is 31.2 Å². The van der Waals surface area contributed by atoms with Crippen molar-refractivity contribution in [1.82, 2.24) is 20.0 Å². The highest BCUT2D eigenvalue weighted by atomic mass is 19.1. The highest BCUT2D eigenvalue weighted by molar-refractivity contribution is 6.14. The van der Waals surface area contributed by atoms with E-state index in [0.717, 1.165) is 10.5 Å². The van der Waals surface area contributed by atoms with Gasteiger partial charge in [-0.15, -0.1) is 0 Å². The van der Waals surface area contributed by atoms with E-state index in [1.165, 1.54) is 29.0 Å². The molecule has 0 aliphatic carbocycles. The van der Waals surface area contributed by atoms with E-state index in [0.29, 0.717) is 28.3 Å². The molecule has 0 unspecified atom stereocenters. The van der Waals surface area contributed by atoms with Gasteiger partial charge in [-0.25, -0.2) is 13.9 Å². The van der Waals surface area contributed by atoms with Crippen LogP contribution in [0, 0.1) is 12.7 Å². The zero-order valence-electron chi connectivity index (χ0n) is 20.1. The molecule has 1 saturated heterocycles. The Morgan fingerprint density at radius 2 is 1.73 bits per heavy atom. The van der Waals surface area contributed by atoms with E-state index in [9.17, 15) is 18.8 Å². The molecule has 1 fully saturated rings. The van der Waals surface area contributed by atoms with Gasteiger partial charge in [0.25, 0.3) is 11.5 Å². The Morgan fingerprint density at radius 3 is 2.46 bits per heavy atom. The van der Waals surface area contributed by atoms with Crippen molar-refractivity contribution in [3.63, 3.8) is 0 Å². The number of aromatic amines is 1. The van der Waals surface area contributed by atoms with Crippen LogP contribution in [-0.4, -0.2) is 33.7 Å². The zero-order chi connectivity index (χ0) is 26.1. The molecule has 4 aromatic rings. The number of imide groups is 1. The number of aryl methyl sites for hydroxylation is 1. The van der Waals surface area contributed by atoms with Crippen LogP contribution in [-0.2, 0) is 11.3 Å². The molecule has 0 bridgehead atoms. The minimum Gasteiger partial charge on any atom is -0.497 e. The number of H-pyrrole nitrogens is 1. The molecule has 37 heavy (non-hydrogen) atoms. The number of nitrogens with zero attached hydrogens (tertiary/aromatic N) is 2. The summed E-state index contributed by atoms with van der Waals surface area (Å²) in [4.78, 5) is 40.3. The monoisotopic (exact) mass is 498 g/mol. The number of methoxy groups -OCH3 is 1. The molecule has 3 aromatic carbocycles. The van der Waals surface area contributed by atoms with Crippen molar-refractivity contribution >= 4 is 18.0 Å². The minimum atomic E-state index is -0.655. The first-order valence-electron chi connectivity index (χ1n) is 11.5. The summed E-state index contributed by atoms with van der Waals surface area (Å²) in [6.45, 7) is 1.84. The maximum Gasteiger partial charge on any atom is 0.329 e. The normalized spacial score (nSPS) is 14.4. The highest BCUT2D eigenvalue weighted by Gasteiger charge is 2.34. The Balaban J connectivity index is 1.59. The molecule has 186 valence electrons. The molecule has 1 aliphatic heterocycles. The molecule has 0 spiro atoms. The minimum absolute atomic E-state index is 0.0577. The maximum atomic E-state index is 13.6. The van der Waals surface area contributed by atoms with Gasteiger partial charge in [0.15, 0.2) is 0 Å². The summed E-state index contributed by atoms with van der Waals surface area (Å²) in [6.07, 6.45) is 1.37. The summed E-state index contributed by atoms with van der Waals surface area (Å²) >= 11 is 0. The third kappa shape index (κ3) is 4.66. The Bertz CT molecular complexity index is 1600. The quantitative estimate of drug-likeness (QED) is 0.305. The van der Waals surface area contributed by atoms with Crippen LogP contribution >= 0.6 is 0 Å². The van der Waals surface area contributed by atoms with Crippen molar-refractivity contribution < 1.29 is 18.7 Å². The Hall–Kier alpha value is -4.92. The largest absolute Gasteiger partial charge is 0.497 e. The fourth-order valence-corrected chi connectivity index (χ4v) is 4.14. The van der Waals surface area contributed by atoms with Gasteiger partial charge in [-0.05, 0) is 55.0 Å². The van der Waals surface area contributed by atoms with Crippen LogP contribution in [0.15, 0.2) is 83.3 Å². The average molecular weight is 499 g/mol. The smallest absolute Gasteiger partial charge is 0.329 e. The molecule has 2 heterocycles. The molecule has 8 nitrogen and oxygen atoms in total. The second kappa shape index (κ2) is 9.62. The van der Waals surface area contributed by atoms with Gasteiger partial charge in [-0.2, -0.15) is 0 Å². The lowest BCUT2D eigenvalue weighted by atomic mass is 10.1. The number of benzene rings is 3.